The Hall–Kier alpha value is -2.17. The summed E-state index contributed by atoms with van der Waals surface area (Å²) in [4.78, 5) is 0. The van der Waals surface area contributed by atoms with Gasteiger partial charge in [-0.25, -0.2) is 0 Å². The van der Waals surface area contributed by atoms with Crippen LogP contribution in [0.5, 0.6) is 17.2 Å². The Labute approximate surface area is 99.3 Å². The monoisotopic (exact) mass is 234 g/mol. The Kier molecular flexibility index (Phi) is 3.18. The van der Waals surface area contributed by atoms with E-state index in [1.54, 1.807) is 27.5 Å². The quantitative estimate of drug-likeness (QED) is 0.880. The summed E-state index contributed by atoms with van der Waals surface area (Å²) in [5.74, 6) is 1.81. The normalized spacial score (nSPS) is 10.1. The number of nitrogens with one attached hydrogen (secondary N) is 1. The van der Waals surface area contributed by atoms with Crippen LogP contribution in [-0.4, -0.2) is 31.5 Å². The van der Waals surface area contributed by atoms with E-state index in [0.29, 0.717) is 17.2 Å². The average Bonchev–Trinajstić information content (AvgIpc) is 2.90. The van der Waals surface area contributed by atoms with Crippen molar-refractivity contribution < 1.29 is 14.2 Å². The zero-order valence-corrected chi connectivity index (χ0v) is 9.98. The molecule has 0 fully saturated rings. The lowest BCUT2D eigenvalue weighted by Crippen LogP contribution is -1.95. The number of benzene rings is 1. The van der Waals surface area contributed by atoms with Gasteiger partial charge in [-0.15, -0.1) is 0 Å². The van der Waals surface area contributed by atoms with Gasteiger partial charge in [0, 0.05) is 11.8 Å². The topological polar surface area (TPSA) is 56.4 Å². The second-order valence-corrected chi connectivity index (χ2v) is 3.37. The molecule has 0 saturated carbocycles. The van der Waals surface area contributed by atoms with E-state index in [1.807, 2.05) is 18.2 Å². The average molecular weight is 234 g/mol. The number of nitrogens with zero attached hydrogens (tertiary/aromatic N) is 1. The Morgan fingerprint density at radius 2 is 1.65 bits per heavy atom. The first-order valence-electron chi connectivity index (χ1n) is 5.10. The summed E-state index contributed by atoms with van der Waals surface area (Å²) in [6, 6.07) is 5.59. The molecule has 90 valence electrons. The number of aromatic nitrogens is 2. The third-order valence-corrected chi connectivity index (χ3v) is 2.46. The zero-order chi connectivity index (χ0) is 12.3. The van der Waals surface area contributed by atoms with Crippen molar-refractivity contribution in [1.29, 1.82) is 0 Å². The van der Waals surface area contributed by atoms with Gasteiger partial charge in [0.2, 0.25) is 5.75 Å². The SMILES string of the molecule is COc1cc(-c2cc[nH]n2)cc(OC)c1OC. The molecule has 0 atom stereocenters. The first-order chi connectivity index (χ1) is 8.30. The van der Waals surface area contributed by atoms with Crippen LogP contribution in [0.4, 0.5) is 0 Å². The van der Waals surface area contributed by atoms with Crippen molar-refractivity contribution in [3.63, 3.8) is 0 Å². The first kappa shape index (κ1) is 11.3. The van der Waals surface area contributed by atoms with Gasteiger partial charge in [0.1, 0.15) is 0 Å². The van der Waals surface area contributed by atoms with Crippen LogP contribution < -0.4 is 14.2 Å². The fraction of sp³-hybridized carbons (Fsp3) is 0.250. The maximum Gasteiger partial charge on any atom is 0.203 e. The molecule has 2 aromatic rings. The molecule has 2 rings (SSSR count). The highest BCUT2D eigenvalue weighted by Crippen LogP contribution is 2.40. The molecule has 17 heavy (non-hydrogen) atoms. The molecule has 1 aromatic carbocycles. The summed E-state index contributed by atoms with van der Waals surface area (Å²) < 4.78 is 15.8. The van der Waals surface area contributed by atoms with Gasteiger partial charge in [-0.2, -0.15) is 5.10 Å². The lowest BCUT2D eigenvalue weighted by Gasteiger charge is -2.13. The summed E-state index contributed by atoms with van der Waals surface area (Å²) in [5, 5.41) is 6.88. The van der Waals surface area contributed by atoms with Gasteiger partial charge in [0.15, 0.2) is 11.5 Å². The van der Waals surface area contributed by atoms with Crippen LogP contribution in [0, 0.1) is 0 Å². The van der Waals surface area contributed by atoms with E-state index in [0.717, 1.165) is 11.3 Å². The Morgan fingerprint density at radius 3 is 2.06 bits per heavy atom. The summed E-state index contributed by atoms with van der Waals surface area (Å²) in [6.07, 6.45) is 1.76. The standard InChI is InChI=1S/C12H14N2O3/c1-15-10-6-8(9-4-5-13-14-9)7-11(16-2)12(10)17-3/h4-7H,1-3H3,(H,13,14). The molecule has 1 heterocycles. The third kappa shape index (κ3) is 2.04. The van der Waals surface area contributed by atoms with Gasteiger partial charge in [0.05, 0.1) is 27.0 Å². The number of rotatable bonds is 4. The number of aromatic amines is 1. The molecule has 0 bridgehead atoms. The van der Waals surface area contributed by atoms with Gasteiger partial charge in [-0.3, -0.25) is 5.10 Å². The molecule has 5 heteroatoms. The number of hydrogen-bond donors (Lipinski definition) is 1. The highest BCUT2D eigenvalue weighted by atomic mass is 16.5. The van der Waals surface area contributed by atoms with Crippen LogP contribution in [0.1, 0.15) is 0 Å². The second kappa shape index (κ2) is 4.78. The van der Waals surface area contributed by atoms with Crippen LogP contribution in [0.15, 0.2) is 24.4 Å². The fourth-order valence-electron chi connectivity index (χ4n) is 1.65. The predicted molar refractivity (Wildman–Crippen MR) is 63.7 cm³/mol. The highest BCUT2D eigenvalue weighted by molar-refractivity contribution is 5.68. The molecule has 5 nitrogen and oxygen atoms in total. The van der Waals surface area contributed by atoms with Crippen molar-refractivity contribution in [2.45, 2.75) is 0 Å². The van der Waals surface area contributed by atoms with Crippen molar-refractivity contribution in [3.05, 3.63) is 24.4 Å². The van der Waals surface area contributed by atoms with Crippen molar-refractivity contribution in [3.8, 4) is 28.5 Å². The molecule has 0 aliphatic rings. The molecule has 0 aliphatic carbocycles. The number of hydrogen-bond acceptors (Lipinski definition) is 4. The van der Waals surface area contributed by atoms with E-state index in [1.165, 1.54) is 0 Å². The second-order valence-electron chi connectivity index (χ2n) is 3.37. The Morgan fingerprint density at radius 1 is 1.00 bits per heavy atom. The summed E-state index contributed by atoms with van der Waals surface area (Å²) in [5.41, 5.74) is 1.73. The first-order valence-corrected chi connectivity index (χ1v) is 5.10. The highest BCUT2D eigenvalue weighted by Gasteiger charge is 2.14. The van der Waals surface area contributed by atoms with Crippen LogP contribution in [0.3, 0.4) is 0 Å². The molecule has 0 saturated heterocycles. The van der Waals surface area contributed by atoms with Gasteiger partial charge in [-0.05, 0) is 18.2 Å². The van der Waals surface area contributed by atoms with Gasteiger partial charge in [-0.1, -0.05) is 0 Å². The minimum atomic E-state index is 0.578. The molecule has 0 amide bonds. The van der Waals surface area contributed by atoms with Crippen LogP contribution in [0.25, 0.3) is 11.3 Å². The number of ether oxygens (including phenoxy) is 3. The van der Waals surface area contributed by atoms with Crippen LogP contribution in [0.2, 0.25) is 0 Å². The molecule has 0 spiro atoms. The minimum absolute atomic E-state index is 0.578. The molecule has 0 unspecified atom stereocenters. The summed E-state index contributed by atoms with van der Waals surface area (Å²) >= 11 is 0. The Balaban J connectivity index is 2.56. The lowest BCUT2D eigenvalue weighted by molar-refractivity contribution is 0.324. The maximum absolute atomic E-state index is 5.27. The third-order valence-electron chi connectivity index (χ3n) is 2.46. The lowest BCUT2D eigenvalue weighted by atomic mass is 10.1. The molecular formula is C12H14N2O3. The van der Waals surface area contributed by atoms with Crippen molar-refractivity contribution >= 4 is 0 Å². The van der Waals surface area contributed by atoms with E-state index in [2.05, 4.69) is 10.2 Å². The molecular weight excluding hydrogens is 220 g/mol. The largest absolute Gasteiger partial charge is 0.493 e. The Bertz CT molecular complexity index is 469. The van der Waals surface area contributed by atoms with Crippen molar-refractivity contribution in [2.75, 3.05) is 21.3 Å². The van der Waals surface area contributed by atoms with E-state index >= 15 is 0 Å². The molecule has 0 radical (unpaired) electrons. The summed E-state index contributed by atoms with van der Waals surface area (Å²) in [6.45, 7) is 0. The summed E-state index contributed by atoms with van der Waals surface area (Å²) in [7, 11) is 4.76. The predicted octanol–water partition coefficient (Wildman–Crippen LogP) is 2.10. The molecule has 0 aliphatic heterocycles. The van der Waals surface area contributed by atoms with E-state index in [-0.39, 0.29) is 0 Å². The van der Waals surface area contributed by atoms with Crippen LogP contribution >= 0.6 is 0 Å². The number of H-pyrrole nitrogens is 1. The molecule has 1 N–H and O–H groups in total. The van der Waals surface area contributed by atoms with E-state index in [4.69, 9.17) is 14.2 Å². The molecule has 1 aromatic heterocycles. The van der Waals surface area contributed by atoms with Crippen molar-refractivity contribution in [1.82, 2.24) is 10.2 Å². The minimum Gasteiger partial charge on any atom is -0.493 e. The van der Waals surface area contributed by atoms with Crippen LogP contribution in [-0.2, 0) is 0 Å². The van der Waals surface area contributed by atoms with Crippen molar-refractivity contribution in [2.24, 2.45) is 0 Å². The van der Waals surface area contributed by atoms with Gasteiger partial charge < -0.3 is 14.2 Å². The number of methoxy groups -OCH3 is 3. The van der Waals surface area contributed by atoms with E-state index in [9.17, 15) is 0 Å². The zero-order valence-electron chi connectivity index (χ0n) is 9.98. The van der Waals surface area contributed by atoms with Gasteiger partial charge in [0.25, 0.3) is 0 Å². The van der Waals surface area contributed by atoms with E-state index < -0.39 is 0 Å². The smallest absolute Gasteiger partial charge is 0.203 e. The van der Waals surface area contributed by atoms with Gasteiger partial charge >= 0.3 is 0 Å². The maximum atomic E-state index is 5.27. The fourth-order valence-corrected chi connectivity index (χ4v) is 1.65.